The number of hydrogen-bond donors (Lipinski definition) is 1. The molecule has 0 saturated carbocycles. The summed E-state index contributed by atoms with van der Waals surface area (Å²) in [5.41, 5.74) is 3.15. The molecule has 146 valence electrons. The van der Waals surface area contributed by atoms with Crippen molar-refractivity contribution in [3.05, 3.63) is 63.4 Å². The number of carbonyl (C=O) groups is 1. The average Bonchev–Trinajstić information content (AvgIpc) is 3.16. The van der Waals surface area contributed by atoms with Crippen molar-refractivity contribution in [1.82, 2.24) is 14.8 Å². The number of thiazole rings is 1. The fourth-order valence-electron chi connectivity index (χ4n) is 2.79. The van der Waals surface area contributed by atoms with Gasteiger partial charge in [-0.15, -0.1) is 11.3 Å². The fourth-order valence-corrected chi connectivity index (χ4v) is 3.51. The van der Waals surface area contributed by atoms with E-state index in [2.05, 4.69) is 46.6 Å². The van der Waals surface area contributed by atoms with Crippen LogP contribution < -0.4 is 10.9 Å². The van der Waals surface area contributed by atoms with Gasteiger partial charge in [0.1, 0.15) is 5.69 Å². The zero-order valence-electron chi connectivity index (χ0n) is 16.1. The van der Waals surface area contributed by atoms with Crippen LogP contribution in [0.1, 0.15) is 49.2 Å². The van der Waals surface area contributed by atoms with E-state index in [-0.39, 0.29) is 17.2 Å². The number of rotatable bonds is 8. The normalized spacial score (nSPS) is 10.8. The number of anilines is 1. The lowest BCUT2D eigenvalue weighted by Crippen LogP contribution is -2.26. The Hall–Kier alpha value is -2.80. The Balaban J connectivity index is 1.71. The molecule has 0 bridgehead atoms. The third-order valence-electron chi connectivity index (χ3n) is 4.34. The van der Waals surface area contributed by atoms with E-state index < -0.39 is 0 Å². The van der Waals surface area contributed by atoms with Crippen LogP contribution in [0.2, 0.25) is 0 Å². The summed E-state index contributed by atoms with van der Waals surface area (Å²) >= 11 is 1.36. The Labute approximate surface area is 168 Å². The Kier molecular flexibility index (Phi) is 6.71. The van der Waals surface area contributed by atoms with Crippen LogP contribution in [0.15, 0.2) is 46.6 Å². The van der Waals surface area contributed by atoms with E-state index in [4.69, 9.17) is 0 Å². The second-order valence-electron chi connectivity index (χ2n) is 6.57. The number of carbonyl (C=O) groups excluding carboxylic acids is 1. The molecular formula is C21H24N4O2S. The molecule has 1 aromatic carbocycles. The molecule has 0 unspecified atom stereocenters. The topological polar surface area (TPSA) is 76.9 Å². The van der Waals surface area contributed by atoms with Crippen LogP contribution in [-0.2, 0) is 13.0 Å². The molecule has 1 N–H and O–H groups in total. The number of amides is 1. The fraction of sp³-hybridized carbons (Fsp3) is 0.333. The molecule has 0 aliphatic heterocycles. The van der Waals surface area contributed by atoms with Gasteiger partial charge in [0.2, 0.25) is 0 Å². The van der Waals surface area contributed by atoms with Crippen molar-refractivity contribution < 1.29 is 4.79 Å². The standard InChI is InChI=1S/C21H24N4O2S/c1-3-5-13-25-19(26)12-11-17(24-25)20(27)23-21-22-18(14-28-21)16-9-7-15(6-4-2)8-10-16/h7-12,14H,3-6,13H2,1-2H3,(H,22,23,27). The number of unbranched alkanes of at least 4 members (excludes halogenated alkanes) is 1. The predicted octanol–water partition coefficient (Wildman–Crippen LogP) is 4.37. The molecule has 0 aliphatic rings. The minimum absolute atomic E-state index is 0.201. The van der Waals surface area contributed by atoms with E-state index >= 15 is 0 Å². The van der Waals surface area contributed by atoms with Crippen LogP contribution >= 0.6 is 11.3 Å². The van der Waals surface area contributed by atoms with Crippen molar-refractivity contribution in [3.8, 4) is 11.3 Å². The smallest absolute Gasteiger partial charge is 0.277 e. The summed E-state index contributed by atoms with van der Waals surface area (Å²) in [6.07, 6.45) is 3.97. The van der Waals surface area contributed by atoms with Gasteiger partial charge in [-0.3, -0.25) is 14.9 Å². The number of hydrogen-bond acceptors (Lipinski definition) is 5. The Morgan fingerprint density at radius 1 is 1.11 bits per heavy atom. The Morgan fingerprint density at radius 2 is 1.89 bits per heavy atom. The monoisotopic (exact) mass is 396 g/mol. The molecule has 0 spiro atoms. The lowest BCUT2D eigenvalue weighted by molar-refractivity contribution is 0.101. The Morgan fingerprint density at radius 3 is 2.61 bits per heavy atom. The number of benzene rings is 1. The zero-order chi connectivity index (χ0) is 19.9. The van der Waals surface area contributed by atoms with Gasteiger partial charge in [-0.1, -0.05) is 51.0 Å². The van der Waals surface area contributed by atoms with Gasteiger partial charge in [-0.25, -0.2) is 9.67 Å². The van der Waals surface area contributed by atoms with E-state index in [1.54, 1.807) is 0 Å². The highest BCUT2D eigenvalue weighted by Gasteiger charge is 2.13. The highest BCUT2D eigenvalue weighted by Crippen LogP contribution is 2.25. The third-order valence-corrected chi connectivity index (χ3v) is 5.09. The molecule has 0 fully saturated rings. The van der Waals surface area contributed by atoms with E-state index in [1.165, 1.54) is 33.7 Å². The number of nitrogens with zero attached hydrogens (tertiary/aromatic N) is 3. The summed E-state index contributed by atoms with van der Waals surface area (Å²) in [4.78, 5) is 28.8. The van der Waals surface area contributed by atoms with Gasteiger partial charge in [0.25, 0.3) is 11.5 Å². The molecule has 0 saturated heterocycles. The third kappa shape index (κ3) is 4.92. The van der Waals surface area contributed by atoms with Gasteiger partial charge >= 0.3 is 0 Å². The maximum Gasteiger partial charge on any atom is 0.277 e. The first kappa shape index (κ1) is 19.9. The highest BCUT2D eigenvalue weighted by atomic mass is 32.1. The predicted molar refractivity (Wildman–Crippen MR) is 113 cm³/mol. The molecule has 3 aromatic rings. The first-order valence-electron chi connectivity index (χ1n) is 9.55. The molecule has 0 atom stereocenters. The second kappa shape index (κ2) is 9.41. The van der Waals surface area contributed by atoms with Gasteiger partial charge in [-0.2, -0.15) is 5.10 Å². The summed E-state index contributed by atoms with van der Waals surface area (Å²) in [5, 5.41) is 9.36. The lowest BCUT2D eigenvalue weighted by atomic mass is 10.1. The summed E-state index contributed by atoms with van der Waals surface area (Å²) in [6.45, 7) is 4.71. The van der Waals surface area contributed by atoms with Gasteiger partial charge in [0.15, 0.2) is 5.13 Å². The van der Waals surface area contributed by atoms with Crippen LogP contribution in [0, 0.1) is 0 Å². The van der Waals surface area contributed by atoms with Crippen molar-refractivity contribution in [1.29, 1.82) is 0 Å². The van der Waals surface area contributed by atoms with Crippen LogP contribution in [-0.4, -0.2) is 20.7 Å². The minimum Gasteiger partial charge on any atom is -0.296 e. The molecule has 0 aliphatic carbocycles. The molecule has 28 heavy (non-hydrogen) atoms. The summed E-state index contributed by atoms with van der Waals surface area (Å²) in [7, 11) is 0. The average molecular weight is 397 g/mol. The molecule has 2 heterocycles. The number of aromatic nitrogens is 3. The molecule has 7 heteroatoms. The van der Waals surface area contributed by atoms with Crippen molar-refractivity contribution in [2.45, 2.75) is 46.1 Å². The summed E-state index contributed by atoms with van der Waals surface area (Å²) in [5.74, 6) is -0.371. The first-order chi connectivity index (χ1) is 13.6. The van der Waals surface area contributed by atoms with Crippen LogP contribution in [0.3, 0.4) is 0 Å². The van der Waals surface area contributed by atoms with Crippen LogP contribution in [0.4, 0.5) is 5.13 Å². The van der Waals surface area contributed by atoms with Crippen molar-refractivity contribution in [2.24, 2.45) is 0 Å². The number of aryl methyl sites for hydroxylation is 2. The molecule has 3 rings (SSSR count). The van der Waals surface area contributed by atoms with Gasteiger partial charge < -0.3 is 0 Å². The molecule has 2 aromatic heterocycles. The maximum atomic E-state index is 12.5. The SMILES string of the molecule is CCCCn1nc(C(=O)Nc2nc(-c3ccc(CCC)cc3)cs2)ccc1=O. The molecule has 6 nitrogen and oxygen atoms in total. The second-order valence-corrected chi connectivity index (χ2v) is 7.43. The van der Waals surface area contributed by atoms with Crippen molar-refractivity contribution in [3.63, 3.8) is 0 Å². The van der Waals surface area contributed by atoms with Crippen LogP contribution in [0.5, 0.6) is 0 Å². The maximum absolute atomic E-state index is 12.5. The molecular weight excluding hydrogens is 372 g/mol. The van der Waals surface area contributed by atoms with E-state index in [1.807, 2.05) is 12.3 Å². The van der Waals surface area contributed by atoms with E-state index in [0.29, 0.717) is 11.7 Å². The van der Waals surface area contributed by atoms with Gasteiger partial charge in [-0.05, 0) is 24.5 Å². The quantitative estimate of drug-likeness (QED) is 0.613. The summed E-state index contributed by atoms with van der Waals surface area (Å²) in [6, 6.07) is 11.2. The minimum atomic E-state index is -0.371. The van der Waals surface area contributed by atoms with Crippen LogP contribution in [0.25, 0.3) is 11.3 Å². The van der Waals surface area contributed by atoms with Crippen molar-refractivity contribution in [2.75, 3.05) is 5.32 Å². The highest BCUT2D eigenvalue weighted by molar-refractivity contribution is 7.14. The molecule has 0 radical (unpaired) electrons. The lowest BCUT2D eigenvalue weighted by Gasteiger charge is -2.06. The summed E-state index contributed by atoms with van der Waals surface area (Å²) < 4.78 is 1.34. The van der Waals surface area contributed by atoms with Crippen molar-refractivity contribution >= 4 is 22.4 Å². The number of nitrogens with one attached hydrogen (secondary N) is 1. The Bertz CT molecular complexity index is 992. The molecule has 1 amide bonds. The van der Waals surface area contributed by atoms with Gasteiger partial charge in [0.05, 0.1) is 5.69 Å². The largest absolute Gasteiger partial charge is 0.296 e. The van der Waals surface area contributed by atoms with E-state index in [9.17, 15) is 9.59 Å². The zero-order valence-corrected chi connectivity index (χ0v) is 17.0. The first-order valence-corrected chi connectivity index (χ1v) is 10.4. The van der Waals surface area contributed by atoms with Gasteiger partial charge in [0, 0.05) is 23.6 Å². The van der Waals surface area contributed by atoms with E-state index in [0.717, 1.165) is 36.9 Å².